The van der Waals surface area contributed by atoms with E-state index < -0.39 is 5.60 Å². The van der Waals surface area contributed by atoms with E-state index in [-0.39, 0.29) is 11.8 Å². The van der Waals surface area contributed by atoms with Gasteiger partial charge in [0.2, 0.25) is 0 Å². The molecular weight excluding hydrogens is 388 g/mol. The molecule has 0 saturated carbocycles. The molecule has 0 N–H and O–H groups in total. The van der Waals surface area contributed by atoms with E-state index in [9.17, 15) is 4.79 Å². The molecule has 2 saturated heterocycles. The van der Waals surface area contributed by atoms with Crippen LogP contribution in [0, 0.1) is 0 Å². The van der Waals surface area contributed by atoms with Gasteiger partial charge in [0.25, 0.3) is 5.91 Å². The van der Waals surface area contributed by atoms with Gasteiger partial charge in [0, 0.05) is 63.4 Å². The number of pyridine rings is 2. The average Bonchev–Trinajstić information content (AvgIpc) is 3.17. The molecule has 0 bridgehead atoms. The van der Waals surface area contributed by atoms with Crippen LogP contribution >= 0.6 is 0 Å². The van der Waals surface area contributed by atoms with Gasteiger partial charge in [-0.3, -0.25) is 19.7 Å². The summed E-state index contributed by atoms with van der Waals surface area (Å²) >= 11 is 0. The molecule has 1 amide bonds. The molecule has 2 aromatic heterocycles. The minimum Gasteiger partial charge on any atom is -0.361 e. The highest BCUT2D eigenvalue weighted by Gasteiger charge is 2.56. The maximum absolute atomic E-state index is 13.9. The molecule has 2 aliphatic heterocycles. The lowest BCUT2D eigenvalue weighted by Crippen LogP contribution is -2.59. The topological polar surface area (TPSA) is 58.6 Å². The fraction of sp³-hybridized carbons (Fsp3) is 0.320. The number of hydrogen-bond acceptors (Lipinski definition) is 5. The van der Waals surface area contributed by atoms with Crippen molar-refractivity contribution in [1.82, 2.24) is 19.8 Å². The highest BCUT2D eigenvalue weighted by molar-refractivity contribution is 5.88. The Morgan fingerprint density at radius 3 is 2.52 bits per heavy atom. The van der Waals surface area contributed by atoms with Crippen molar-refractivity contribution < 1.29 is 9.53 Å². The molecule has 6 nitrogen and oxygen atoms in total. The second kappa shape index (κ2) is 8.57. The van der Waals surface area contributed by atoms with E-state index in [1.807, 2.05) is 59.9 Å². The minimum absolute atomic E-state index is 0.0610. The predicted octanol–water partition coefficient (Wildman–Crippen LogP) is 2.87. The normalized spacial score (nSPS) is 24.1. The number of aromatic nitrogens is 2. The monoisotopic (exact) mass is 414 g/mol. The smallest absolute Gasteiger partial charge is 0.257 e. The van der Waals surface area contributed by atoms with Gasteiger partial charge < -0.3 is 9.64 Å². The number of rotatable bonds is 5. The number of hydrogen-bond donors (Lipinski definition) is 0. The van der Waals surface area contributed by atoms with Gasteiger partial charge in [-0.15, -0.1) is 0 Å². The lowest BCUT2D eigenvalue weighted by atomic mass is 9.83. The Hall–Kier alpha value is -3.09. The molecule has 0 unspecified atom stereocenters. The summed E-state index contributed by atoms with van der Waals surface area (Å²) < 4.78 is 6.37. The highest BCUT2D eigenvalue weighted by atomic mass is 16.5. The zero-order chi connectivity index (χ0) is 21.1. The van der Waals surface area contributed by atoms with Gasteiger partial charge in [0.1, 0.15) is 0 Å². The number of carbonyl (C=O) groups is 1. The molecule has 2 atom stereocenters. The van der Waals surface area contributed by atoms with Crippen LogP contribution < -0.4 is 0 Å². The maximum Gasteiger partial charge on any atom is 0.257 e. The predicted molar refractivity (Wildman–Crippen MR) is 117 cm³/mol. The Labute approximate surface area is 182 Å². The van der Waals surface area contributed by atoms with Crippen LogP contribution in [0.5, 0.6) is 0 Å². The van der Waals surface area contributed by atoms with Gasteiger partial charge in [0.15, 0.2) is 5.60 Å². The van der Waals surface area contributed by atoms with Crippen LogP contribution in [0.4, 0.5) is 0 Å². The van der Waals surface area contributed by atoms with Crippen LogP contribution in [0.3, 0.4) is 0 Å². The first-order valence-electron chi connectivity index (χ1n) is 10.7. The van der Waals surface area contributed by atoms with Crippen LogP contribution in [0.2, 0.25) is 0 Å². The number of morpholine rings is 1. The summed E-state index contributed by atoms with van der Waals surface area (Å²) in [4.78, 5) is 26.6. The Balaban J connectivity index is 1.45. The van der Waals surface area contributed by atoms with E-state index in [1.165, 1.54) is 5.56 Å². The number of amides is 1. The first kappa shape index (κ1) is 19.8. The fourth-order valence-electron chi connectivity index (χ4n) is 4.82. The highest BCUT2D eigenvalue weighted by Crippen LogP contribution is 2.42. The van der Waals surface area contributed by atoms with E-state index in [1.54, 1.807) is 6.20 Å². The standard InChI is InChI=1S/C25H26N4O2/c30-24-25(31-14-13-29(24)17-20-5-2-1-3-6-20)19-28(16-21-8-11-26-12-9-21)18-23(25)22-7-4-10-27-15-22/h1-12,15,23H,13-14,16-19H2/t23-,25+/m1/s1. The molecule has 1 aromatic carbocycles. The lowest BCUT2D eigenvalue weighted by Gasteiger charge is -2.42. The molecule has 3 aromatic rings. The molecule has 0 aliphatic carbocycles. The zero-order valence-corrected chi connectivity index (χ0v) is 17.4. The van der Waals surface area contributed by atoms with Crippen LogP contribution in [-0.2, 0) is 22.6 Å². The first-order chi connectivity index (χ1) is 15.2. The summed E-state index contributed by atoms with van der Waals surface area (Å²) in [6.07, 6.45) is 7.26. The van der Waals surface area contributed by atoms with Crippen LogP contribution in [0.15, 0.2) is 79.4 Å². The summed E-state index contributed by atoms with van der Waals surface area (Å²) in [7, 11) is 0. The molecular formula is C25H26N4O2. The molecule has 6 heteroatoms. The van der Waals surface area contributed by atoms with Gasteiger partial charge in [-0.1, -0.05) is 36.4 Å². The molecule has 2 aliphatic rings. The number of ether oxygens (including phenoxy) is 1. The van der Waals surface area contributed by atoms with Crippen molar-refractivity contribution in [2.75, 3.05) is 26.2 Å². The van der Waals surface area contributed by atoms with Crippen molar-refractivity contribution in [3.8, 4) is 0 Å². The van der Waals surface area contributed by atoms with Crippen molar-refractivity contribution >= 4 is 5.91 Å². The number of carbonyl (C=O) groups excluding carboxylic acids is 1. The maximum atomic E-state index is 13.9. The average molecular weight is 415 g/mol. The van der Waals surface area contributed by atoms with Crippen LogP contribution in [0.25, 0.3) is 0 Å². The second-order valence-electron chi connectivity index (χ2n) is 8.31. The van der Waals surface area contributed by atoms with Gasteiger partial charge in [-0.2, -0.15) is 0 Å². The van der Waals surface area contributed by atoms with Crippen molar-refractivity contribution in [1.29, 1.82) is 0 Å². The zero-order valence-electron chi connectivity index (χ0n) is 17.4. The molecule has 5 rings (SSSR count). The van der Waals surface area contributed by atoms with Gasteiger partial charge in [-0.05, 0) is 34.9 Å². The first-order valence-corrected chi connectivity index (χ1v) is 10.7. The van der Waals surface area contributed by atoms with E-state index >= 15 is 0 Å². The largest absolute Gasteiger partial charge is 0.361 e. The van der Waals surface area contributed by atoms with E-state index in [4.69, 9.17) is 4.74 Å². The Bertz CT molecular complexity index is 1020. The third-order valence-electron chi connectivity index (χ3n) is 6.29. The second-order valence-corrected chi connectivity index (χ2v) is 8.31. The third-order valence-corrected chi connectivity index (χ3v) is 6.29. The van der Waals surface area contributed by atoms with Gasteiger partial charge >= 0.3 is 0 Å². The molecule has 2 fully saturated rings. The van der Waals surface area contributed by atoms with Crippen LogP contribution in [-0.4, -0.2) is 57.5 Å². The number of likely N-dealkylation sites (tertiary alicyclic amines) is 1. The van der Waals surface area contributed by atoms with Gasteiger partial charge in [-0.25, -0.2) is 0 Å². The Kier molecular flexibility index (Phi) is 5.49. The van der Waals surface area contributed by atoms with Crippen molar-refractivity contribution in [2.45, 2.75) is 24.6 Å². The van der Waals surface area contributed by atoms with Gasteiger partial charge in [0.05, 0.1) is 6.61 Å². The SMILES string of the molecule is O=C1N(Cc2ccccc2)CCO[C@]12CN(Cc1ccncc1)C[C@@H]2c1cccnc1. The summed E-state index contributed by atoms with van der Waals surface area (Å²) in [6, 6.07) is 18.2. The number of benzene rings is 1. The molecule has 4 heterocycles. The van der Waals surface area contributed by atoms with E-state index in [0.717, 1.165) is 24.2 Å². The quantitative estimate of drug-likeness (QED) is 0.643. The Morgan fingerprint density at radius 1 is 0.935 bits per heavy atom. The summed E-state index contributed by atoms with van der Waals surface area (Å²) in [5.41, 5.74) is 2.48. The molecule has 0 radical (unpaired) electrons. The van der Waals surface area contributed by atoms with Crippen molar-refractivity contribution in [2.24, 2.45) is 0 Å². The molecule has 31 heavy (non-hydrogen) atoms. The fourth-order valence-corrected chi connectivity index (χ4v) is 4.82. The molecule has 1 spiro atoms. The van der Waals surface area contributed by atoms with E-state index in [2.05, 4.69) is 33.1 Å². The minimum atomic E-state index is -0.886. The summed E-state index contributed by atoms with van der Waals surface area (Å²) in [6.45, 7) is 3.83. The molecule has 158 valence electrons. The third kappa shape index (κ3) is 3.96. The summed E-state index contributed by atoms with van der Waals surface area (Å²) in [5.74, 6) is 0.0165. The summed E-state index contributed by atoms with van der Waals surface area (Å²) in [5, 5.41) is 0. The van der Waals surface area contributed by atoms with E-state index in [0.29, 0.717) is 26.2 Å². The van der Waals surface area contributed by atoms with Crippen molar-refractivity contribution in [3.05, 3.63) is 96.1 Å². The number of nitrogens with zero attached hydrogens (tertiary/aromatic N) is 4. The Morgan fingerprint density at radius 2 is 1.74 bits per heavy atom. The van der Waals surface area contributed by atoms with Crippen LogP contribution in [0.1, 0.15) is 22.6 Å². The van der Waals surface area contributed by atoms with Crippen molar-refractivity contribution in [3.63, 3.8) is 0 Å². The lowest BCUT2D eigenvalue weighted by molar-refractivity contribution is -0.173.